The van der Waals surface area contributed by atoms with Gasteiger partial charge in [-0.15, -0.1) is 0 Å². The standard InChI is InChI=1S/C32H34N2O7/c35-29(23-39-26-15-8-3-9-16-26)34-20-10-17-28(34)31(37)33-27(32(38)41-22-25-13-6-2-7-14-25)18-19-30(36)40-21-24-11-4-1-5-12-24/h1-9,11-16,27-28H,10,17-23H2,(H,33,37)/t27-,28-/m0/s1. The number of hydrogen-bond donors (Lipinski definition) is 1. The van der Waals surface area contributed by atoms with Crippen molar-refractivity contribution in [2.75, 3.05) is 13.2 Å². The van der Waals surface area contributed by atoms with Crippen LogP contribution in [-0.4, -0.2) is 53.9 Å². The number of likely N-dealkylation sites (tertiary alicyclic amines) is 1. The molecule has 9 heteroatoms. The van der Waals surface area contributed by atoms with Gasteiger partial charge >= 0.3 is 11.9 Å². The van der Waals surface area contributed by atoms with Gasteiger partial charge in [-0.2, -0.15) is 0 Å². The summed E-state index contributed by atoms with van der Waals surface area (Å²) in [5.41, 5.74) is 1.63. The fourth-order valence-corrected chi connectivity index (χ4v) is 4.50. The molecule has 1 aliphatic heterocycles. The molecule has 0 unspecified atom stereocenters. The number of carbonyl (C=O) groups excluding carboxylic acids is 4. The Morgan fingerprint density at radius 1 is 0.805 bits per heavy atom. The zero-order chi connectivity index (χ0) is 28.9. The number of ether oxygens (including phenoxy) is 3. The highest BCUT2D eigenvalue weighted by Crippen LogP contribution is 2.19. The van der Waals surface area contributed by atoms with Gasteiger partial charge in [0.05, 0.1) is 0 Å². The molecule has 0 aromatic heterocycles. The van der Waals surface area contributed by atoms with Gasteiger partial charge < -0.3 is 24.4 Å². The van der Waals surface area contributed by atoms with Gasteiger partial charge in [0.2, 0.25) is 5.91 Å². The summed E-state index contributed by atoms with van der Waals surface area (Å²) < 4.78 is 16.4. The number of rotatable bonds is 13. The van der Waals surface area contributed by atoms with Gasteiger partial charge in [-0.25, -0.2) is 4.79 Å². The van der Waals surface area contributed by atoms with Crippen LogP contribution in [0.4, 0.5) is 0 Å². The molecule has 0 spiro atoms. The van der Waals surface area contributed by atoms with E-state index < -0.39 is 29.9 Å². The molecule has 9 nitrogen and oxygen atoms in total. The SMILES string of the molecule is O=C(CC[C@H](NC(=O)[C@@H]1CCCN1C(=O)COc1ccccc1)C(=O)OCc1ccccc1)OCc1ccccc1. The molecule has 1 heterocycles. The Morgan fingerprint density at radius 3 is 2.02 bits per heavy atom. The summed E-state index contributed by atoms with van der Waals surface area (Å²) in [5, 5.41) is 2.73. The summed E-state index contributed by atoms with van der Waals surface area (Å²) in [4.78, 5) is 53.1. The van der Waals surface area contributed by atoms with Crippen LogP contribution < -0.4 is 10.1 Å². The van der Waals surface area contributed by atoms with E-state index in [1.807, 2.05) is 66.7 Å². The molecule has 1 aliphatic rings. The summed E-state index contributed by atoms with van der Waals surface area (Å²) >= 11 is 0. The minimum absolute atomic E-state index is 0.00916. The minimum atomic E-state index is -1.09. The first-order valence-electron chi connectivity index (χ1n) is 13.7. The summed E-state index contributed by atoms with van der Waals surface area (Å²) in [5.74, 6) is -1.41. The molecule has 4 rings (SSSR count). The van der Waals surface area contributed by atoms with Crippen LogP contribution in [0, 0.1) is 0 Å². The largest absolute Gasteiger partial charge is 0.484 e. The number of amides is 2. The Labute approximate surface area is 239 Å². The van der Waals surface area contributed by atoms with Crippen LogP contribution in [0.25, 0.3) is 0 Å². The van der Waals surface area contributed by atoms with Crippen LogP contribution in [0.15, 0.2) is 91.0 Å². The van der Waals surface area contributed by atoms with Crippen molar-refractivity contribution in [3.63, 3.8) is 0 Å². The lowest BCUT2D eigenvalue weighted by Gasteiger charge is -2.26. The number of carbonyl (C=O) groups is 4. The monoisotopic (exact) mass is 558 g/mol. The van der Waals surface area contributed by atoms with Crippen LogP contribution in [0.2, 0.25) is 0 Å². The first-order valence-corrected chi connectivity index (χ1v) is 13.7. The summed E-state index contributed by atoms with van der Waals surface area (Å²) in [6, 6.07) is 25.5. The lowest BCUT2D eigenvalue weighted by Crippen LogP contribution is -2.52. The molecule has 3 aromatic rings. The Hall–Kier alpha value is -4.66. The first-order chi connectivity index (χ1) is 20.0. The van der Waals surface area contributed by atoms with Gasteiger partial charge in [-0.1, -0.05) is 78.9 Å². The lowest BCUT2D eigenvalue weighted by molar-refractivity contribution is -0.151. The van der Waals surface area contributed by atoms with E-state index in [0.717, 1.165) is 11.1 Å². The molecule has 3 aromatic carbocycles. The van der Waals surface area contributed by atoms with E-state index >= 15 is 0 Å². The van der Waals surface area contributed by atoms with Crippen molar-refractivity contribution >= 4 is 23.8 Å². The van der Waals surface area contributed by atoms with Crippen molar-refractivity contribution in [2.45, 2.75) is 51.0 Å². The zero-order valence-corrected chi connectivity index (χ0v) is 22.8. The predicted molar refractivity (Wildman–Crippen MR) is 150 cm³/mol. The highest BCUT2D eigenvalue weighted by atomic mass is 16.5. The Morgan fingerprint density at radius 2 is 1.39 bits per heavy atom. The average Bonchev–Trinajstić information content (AvgIpc) is 3.52. The van der Waals surface area contributed by atoms with Crippen molar-refractivity contribution in [1.82, 2.24) is 10.2 Å². The lowest BCUT2D eigenvalue weighted by atomic mass is 10.1. The van der Waals surface area contributed by atoms with Crippen molar-refractivity contribution in [2.24, 2.45) is 0 Å². The van der Waals surface area contributed by atoms with Crippen LogP contribution >= 0.6 is 0 Å². The third-order valence-corrected chi connectivity index (χ3v) is 6.69. The van der Waals surface area contributed by atoms with E-state index in [9.17, 15) is 19.2 Å². The second kappa shape index (κ2) is 15.2. The van der Waals surface area contributed by atoms with Gasteiger partial charge in [0.1, 0.15) is 31.0 Å². The molecule has 1 saturated heterocycles. The molecule has 0 radical (unpaired) electrons. The minimum Gasteiger partial charge on any atom is -0.484 e. The molecule has 41 heavy (non-hydrogen) atoms. The number of nitrogens with one attached hydrogen (secondary N) is 1. The number of esters is 2. The predicted octanol–water partition coefficient (Wildman–Crippen LogP) is 3.81. The number of para-hydroxylation sites is 1. The molecule has 0 bridgehead atoms. The van der Waals surface area contributed by atoms with Crippen molar-refractivity contribution in [3.05, 3.63) is 102 Å². The second-order valence-corrected chi connectivity index (χ2v) is 9.69. The molecule has 0 saturated carbocycles. The molecular formula is C32H34N2O7. The van der Waals surface area contributed by atoms with Gasteiger partial charge in [0.25, 0.3) is 5.91 Å². The topological polar surface area (TPSA) is 111 Å². The summed E-state index contributed by atoms with van der Waals surface area (Å²) in [6.45, 7) is 0.336. The Balaban J connectivity index is 1.35. The number of hydrogen-bond acceptors (Lipinski definition) is 7. The van der Waals surface area contributed by atoms with E-state index in [2.05, 4.69) is 5.32 Å². The maximum Gasteiger partial charge on any atom is 0.328 e. The second-order valence-electron chi connectivity index (χ2n) is 9.69. The van der Waals surface area contributed by atoms with Gasteiger partial charge in [0.15, 0.2) is 6.61 Å². The van der Waals surface area contributed by atoms with Gasteiger partial charge in [-0.05, 0) is 42.5 Å². The zero-order valence-electron chi connectivity index (χ0n) is 22.8. The van der Waals surface area contributed by atoms with E-state index in [-0.39, 0.29) is 38.6 Å². The molecule has 2 atom stereocenters. The molecule has 0 aliphatic carbocycles. The fourth-order valence-electron chi connectivity index (χ4n) is 4.50. The third kappa shape index (κ3) is 9.20. The van der Waals surface area contributed by atoms with E-state index in [1.54, 1.807) is 24.3 Å². The Bertz CT molecular complexity index is 1290. The molecular weight excluding hydrogens is 524 g/mol. The molecule has 1 fully saturated rings. The molecule has 214 valence electrons. The van der Waals surface area contributed by atoms with Crippen LogP contribution in [0.3, 0.4) is 0 Å². The Kier molecular flexibility index (Phi) is 10.9. The third-order valence-electron chi connectivity index (χ3n) is 6.69. The van der Waals surface area contributed by atoms with E-state index in [1.165, 1.54) is 4.90 Å². The smallest absolute Gasteiger partial charge is 0.328 e. The summed E-state index contributed by atoms with van der Waals surface area (Å²) in [6.07, 6.45) is 0.985. The molecule has 1 N–H and O–H groups in total. The highest BCUT2D eigenvalue weighted by molar-refractivity contribution is 5.91. The highest BCUT2D eigenvalue weighted by Gasteiger charge is 2.36. The van der Waals surface area contributed by atoms with E-state index in [4.69, 9.17) is 14.2 Å². The number of nitrogens with zero attached hydrogens (tertiary/aromatic N) is 1. The maximum atomic E-state index is 13.3. The van der Waals surface area contributed by atoms with Crippen molar-refractivity contribution in [3.8, 4) is 5.75 Å². The maximum absolute atomic E-state index is 13.3. The van der Waals surface area contributed by atoms with E-state index in [0.29, 0.717) is 25.1 Å². The first kappa shape index (κ1) is 29.3. The van der Waals surface area contributed by atoms with Crippen LogP contribution in [-0.2, 0) is 41.9 Å². The van der Waals surface area contributed by atoms with Crippen LogP contribution in [0.1, 0.15) is 36.8 Å². The average molecular weight is 559 g/mol. The fraction of sp³-hybridized carbons (Fsp3) is 0.312. The summed E-state index contributed by atoms with van der Waals surface area (Å²) in [7, 11) is 0. The van der Waals surface area contributed by atoms with Gasteiger partial charge in [-0.3, -0.25) is 14.4 Å². The normalized spacial score (nSPS) is 15.0. The number of benzene rings is 3. The quantitative estimate of drug-likeness (QED) is 0.318. The van der Waals surface area contributed by atoms with Crippen molar-refractivity contribution < 1.29 is 33.4 Å². The van der Waals surface area contributed by atoms with Gasteiger partial charge in [0, 0.05) is 13.0 Å². The van der Waals surface area contributed by atoms with Crippen LogP contribution in [0.5, 0.6) is 5.75 Å². The van der Waals surface area contributed by atoms with Crippen molar-refractivity contribution in [1.29, 1.82) is 0 Å². The molecule has 2 amide bonds.